The molecule has 1 aliphatic heterocycles. The summed E-state index contributed by atoms with van der Waals surface area (Å²) >= 11 is 0. The maximum Gasteiger partial charge on any atom is 0.310 e. The number of nitrogens with zero attached hydrogens (tertiary/aromatic N) is 5. The molecule has 2 aliphatic rings. The lowest BCUT2D eigenvalue weighted by molar-refractivity contribution is -0.155. The molecule has 31 heavy (non-hydrogen) atoms. The Morgan fingerprint density at radius 3 is 2.65 bits per heavy atom. The van der Waals surface area contributed by atoms with Crippen LogP contribution in [0.4, 0.5) is 17.6 Å². The number of aromatic nitrogens is 3. The molecule has 0 spiro atoms. The van der Waals surface area contributed by atoms with Crippen molar-refractivity contribution in [3.05, 3.63) is 35.7 Å². The first-order valence-corrected chi connectivity index (χ1v) is 10.7. The summed E-state index contributed by atoms with van der Waals surface area (Å²) in [5.41, 5.74) is 7.87. The summed E-state index contributed by atoms with van der Waals surface area (Å²) in [4.78, 5) is 42.2. The van der Waals surface area contributed by atoms with E-state index in [1.54, 1.807) is 19.0 Å². The Kier molecular flexibility index (Phi) is 6.01. The molecule has 9 nitrogen and oxygen atoms in total. The molecule has 1 amide bonds. The molecular formula is C22H28N6O3. The number of hydrogen-bond acceptors (Lipinski definition) is 8. The van der Waals surface area contributed by atoms with Crippen molar-refractivity contribution < 1.29 is 14.3 Å². The van der Waals surface area contributed by atoms with Gasteiger partial charge in [0.1, 0.15) is 0 Å². The van der Waals surface area contributed by atoms with Gasteiger partial charge in [0, 0.05) is 26.3 Å². The number of hydrogen-bond donors (Lipinski definition) is 1. The molecule has 9 heteroatoms. The molecule has 1 aliphatic carbocycles. The first kappa shape index (κ1) is 21.0. The smallest absolute Gasteiger partial charge is 0.310 e. The molecule has 0 saturated heterocycles. The van der Waals surface area contributed by atoms with Gasteiger partial charge in [-0.2, -0.15) is 15.0 Å². The summed E-state index contributed by atoms with van der Waals surface area (Å²) in [6.45, 7) is 0.560. The van der Waals surface area contributed by atoms with Gasteiger partial charge in [-0.25, -0.2) is 0 Å². The number of carbonyl (C=O) groups excluding carboxylic acids is 2. The zero-order valence-electron chi connectivity index (χ0n) is 18.0. The number of para-hydroxylation sites is 1. The van der Waals surface area contributed by atoms with Crippen LogP contribution >= 0.6 is 0 Å². The Hall–Kier alpha value is -3.23. The lowest BCUT2D eigenvalue weighted by Crippen LogP contribution is -2.42. The minimum Gasteiger partial charge on any atom is -0.457 e. The first-order valence-electron chi connectivity index (χ1n) is 10.7. The van der Waals surface area contributed by atoms with Crippen molar-refractivity contribution in [2.75, 3.05) is 36.2 Å². The number of nitrogen functional groups attached to an aromatic ring is 1. The van der Waals surface area contributed by atoms with Crippen LogP contribution in [-0.2, 0) is 27.4 Å². The fourth-order valence-corrected chi connectivity index (χ4v) is 4.41. The fraction of sp³-hybridized carbons (Fsp3) is 0.500. The summed E-state index contributed by atoms with van der Waals surface area (Å²) in [7, 11) is 3.58. The van der Waals surface area contributed by atoms with E-state index in [4.69, 9.17) is 10.5 Å². The van der Waals surface area contributed by atoms with E-state index in [0.717, 1.165) is 24.9 Å². The van der Waals surface area contributed by atoms with Crippen molar-refractivity contribution in [2.45, 2.75) is 38.7 Å². The van der Waals surface area contributed by atoms with Crippen LogP contribution in [0.2, 0.25) is 0 Å². The summed E-state index contributed by atoms with van der Waals surface area (Å²) in [5.74, 6) is -0.423. The maximum absolute atomic E-state index is 13.4. The van der Waals surface area contributed by atoms with Crippen LogP contribution < -0.4 is 15.5 Å². The van der Waals surface area contributed by atoms with Crippen molar-refractivity contribution in [3.8, 4) is 0 Å². The Morgan fingerprint density at radius 2 is 1.87 bits per heavy atom. The molecule has 164 valence electrons. The number of carbonyl (C=O) groups is 2. The van der Waals surface area contributed by atoms with Gasteiger partial charge in [-0.3, -0.25) is 9.59 Å². The minimum atomic E-state index is -0.457. The lowest BCUT2D eigenvalue weighted by atomic mass is 9.78. The van der Waals surface area contributed by atoms with E-state index >= 15 is 0 Å². The minimum absolute atomic E-state index is 0.0194. The molecule has 4 rings (SSSR count). The number of fused-ring (bicyclic) bond motifs is 1. The van der Waals surface area contributed by atoms with E-state index in [1.165, 1.54) is 5.56 Å². The third kappa shape index (κ3) is 4.45. The average Bonchev–Trinajstić information content (AvgIpc) is 3.21. The summed E-state index contributed by atoms with van der Waals surface area (Å²) in [5, 5.41) is 0. The average molecular weight is 425 g/mol. The van der Waals surface area contributed by atoms with Crippen molar-refractivity contribution in [1.29, 1.82) is 0 Å². The third-order valence-corrected chi connectivity index (χ3v) is 5.97. The van der Waals surface area contributed by atoms with Gasteiger partial charge in [0.15, 0.2) is 12.4 Å². The summed E-state index contributed by atoms with van der Waals surface area (Å²) < 4.78 is 5.53. The van der Waals surface area contributed by atoms with Crippen molar-refractivity contribution in [2.24, 2.45) is 11.8 Å². The van der Waals surface area contributed by atoms with Gasteiger partial charge in [0.05, 0.1) is 11.8 Å². The van der Waals surface area contributed by atoms with Gasteiger partial charge in [-0.15, -0.1) is 0 Å². The molecule has 2 heterocycles. The van der Waals surface area contributed by atoms with Gasteiger partial charge >= 0.3 is 5.97 Å². The van der Waals surface area contributed by atoms with E-state index in [-0.39, 0.29) is 36.2 Å². The molecule has 1 saturated carbocycles. The van der Waals surface area contributed by atoms with Gasteiger partial charge < -0.3 is 20.3 Å². The monoisotopic (exact) mass is 424 g/mol. The zero-order valence-corrected chi connectivity index (χ0v) is 18.0. The number of ether oxygens (including phenoxy) is 1. The van der Waals surface area contributed by atoms with Gasteiger partial charge in [0.2, 0.25) is 17.8 Å². The molecule has 0 radical (unpaired) electrons. The highest BCUT2D eigenvalue weighted by atomic mass is 16.5. The van der Waals surface area contributed by atoms with E-state index < -0.39 is 5.92 Å². The van der Waals surface area contributed by atoms with Crippen LogP contribution in [0.25, 0.3) is 0 Å². The Labute approximate surface area is 181 Å². The second kappa shape index (κ2) is 8.87. The van der Waals surface area contributed by atoms with Crippen molar-refractivity contribution in [1.82, 2.24) is 15.0 Å². The van der Waals surface area contributed by atoms with E-state index in [9.17, 15) is 9.59 Å². The number of benzene rings is 1. The number of esters is 1. The van der Waals surface area contributed by atoms with Crippen molar-refractivity contribution >= 4 is 29.5 Å². The zero-order chi connectivity index (χ0) is 22.0. The highest BCUT2D eigenvalue weighted by Gasteiger charge is 2.40. The van der Waals surface area contributed by atoms with Crippen LogP contribution in [0.3, 0.4) is 0 Å². The van der Waals surface area contributed by atoms with E-state index in [0.29, 0.717) is 25.3 Å². The SMILES string of the molecule is CN(C)c1nc(N)nc(COC(=O)[C@@H]2CCCC[C@@H]2C(=O)N2CCc3ccccc32)n1. The topological polar surface area (TPSA) is 115 Å². The van der Waals surface area contributed by atoms with Gasteiger partial charge in [-0.05, 0) is 30.9 Å². The largest absolute Gasteiger partial charge is 0.457 e. The van der Waals surface area contributed by atoms with E-state index in [1.807, 2.05) is 23.1 Å². The maximum atomic E-state index is 13.4. The Morgan fingerprint density at radius 1 is 1.13 bits per heavy atom. The van der Waals surface area contributed by atoms with Gasteiger partial charge in [-0.1, -0.05) is 31.0 Å². The highest BCUT2D eigenvalue weighted by molar-refractivity contribution is 5.99. The molecule has 1 aromatic carbocycles. The van der Waals surface area contributed by atoms with Crippen LogP contribution in [0, 0.1) is 11.8 Å². The molecule has 1 fully saturated rings. The predicted molar refractivity (Wildman–Crippen MR) is 116 cm³/mol. The first-order chi connectivity index (χ1) is 14.9. The van der Waals surface area contributed by atoms with Crippen LogP contribution in [0.15, 0.2) is 24.3 Å². The second-order valence-corrected chi connectivity index (χ2v) is 8.28. The van der Waals surface area contributed by atoms with Crippen molar-refractivity contribution in [3.63, 3.8) is 0 Å². The number of anilines is 3. The Balaban J connectivity index is 1.45. The quantitative estimate of drug-likeness (QED) is 0.725. The number of amides is 1. The molecule has 2 N–H and O–H groups in total. The summed E-state index contributed by atoms with van der Waals surface area (Å²) in [6, 6.07) is 7.96. The molecule has 0 unspecified atom stereocenters. The fourth-order valence-electron chi connectivity index (χ4n) is 4.41. The van der Waals surface area contributed by atoms with Crippen LogP contribution in [-0.4, -0.2) is 47.5 Å². The van der Waals surface area contributed by atoms with Crippen LogP contribution in [0.1, 0.15) is 37.1 Å². The third-order valence-electron chi connectivity index (χ3n) is 5.97. The van der Waals surface area contributed by atoms with E-state index in [2.05, 4.69) is 21.0 Å². The number of nitrogens with two attached hydrogens (primary N) is 1. The predicted octanol–water partition coefficient (Wildman–Crippen LogP) is 1.96. The Bertz CT molecular complexity index is 979. The normalized spacial score (nSPS) is 20.3. The molecule has 2 atom stereocenters. The number of rotatable bonds is 5. The summed E-state index contributed by atoms with van der Waals surface area (Å²) in [6.07, 6.45) is 4.03. The standard InChI is InChI=1S/C22H28N6O3/c1-27(2)22-25-18(24-21(23)26-22)13-31-20(30)16-9-5-4-8-15(16)19(29)28-12-11-14-7-3-6-10-17(14)28/h3,6-7,10,15-16H,4-5,8-9,11-13H2,1-2H3,(H2,23,24,25,26)/t15-,16+/m0/s1. The van der Waals surface area contributed by atoms with Crippen LogP contribution in [0.5, 0.6) is 0 Å². The molecular weight excluding hydrogens is 396 g/mol. The molecule has 2 aromatic rings. The highest BCUT2D eigenvalue weighted by Crippen LogP contribution is 2.36. The second-order valence-electron chi connectivity index (χ2n) is 8.28. The lowest BCUT2D eigenvalue weighted by Gasteiger charge is -2.32. The molecule has 0 bridgehead atoms. The van der Waals surface area contributed by atoms with Gasteiger partial charge in [0.25, 0.3) is 0 Å². The molecule has 1 aromatic heterocycles.